The van der Waals surface area contributed by atoms with Crippen LogP contribution < -0.4 is 5.32 Å². The lowest BCUT2D eigenvalue weighted by molar-refractivity contribution is -0.137. The van der Waals surface area contributed by atoms with E-state index >= 15 is 0 Å². The first-order valence-electron chi connectivity index (χ1n) is 8.94. The molecule has 0 bridgehead atoms. The summed E-state index contributed by atoms with van der Waals surface area (Å²) >= 11 is 5.96. The summed E-state index contributed by atoms with van der Waals surface area (Å²) in [4.78, 5) is 26.9. The van der Waals surface area contributed by atoms with E-state index in [2.05, 4.69) is 5.32 Å². The molecule has 0 unspecified atom stereocenters. The van der Waals surface area contributed by atoms with Crippen LogP contribution >= 0.6 is 11.6 Å². The Balaban J connectivity index is 1.40. The largest absolute Gasteiger partial charge is 0.346 e. The second kappa shape index (κ2) is 6.07. The van der Waals surface area contributed by atoms with Crippen LogP contribution in [0.5, 0.6) is 0 Å². The van der Waals surface area contributed by atoms with E-state index in [0.29, 0.717) is 11.6 Å². The van der Waals surface area contributed by atoms with Crippen LogP contribution in [0.2, 0.25) is 5.02 Å². The highest BCUT2D eigenvalue weighted by molar-refractivity contribution is 6.30. The van der Waals surface area contributed by atoms with Gasteiger partial charge in [-0.3, -0.25) is 9.59 Å². The minimum Gasteiger partial charge on any atom is -0.346 e. The topological polar surface area (TPSA) is 49.4 Å². The van der Waals surface area contributed by atoms with Gasteiger partial charge in [-0.05, 0) is 56.2 Å². The Kier molecular flexibility index (Phi) is 4.03. The van der Waals surface area contributed by atoms with Gasteiger partial charge in [0.05, 0.1) is 11.5 Å². The average molecular weight is 347 g/mol. The lowest BCUT2D eigenvalue weighted by Gasteiger charge is -2.33. The van der Waals surface area contributed by atoms with Crippen molar-refractivity contribution in [3.63, 3.8) is 0 Å². The fourth-order valence-corrected chi connectivity index (χ4v) is 3.82. The van der Waals surface area contributed by atoms with Gasteiger partial charge in [-0.25, -0.2) is 0 Å². The number of likely N-dealkylation sites (tertiary alicyclic amines) is 1. The molecule has 1 aromatic carbocycles. The number of carbonyl (C=O) groups excluding carboxylic acids is 2. The molecule has 3 fully saturated rings. The van der Waals surface area contributed by atoms with Crippen molar-refractivity contribution in [2.45, 2.75) is 44.1 Å². The van der Waals surface area contributed by atoms with Gasteiger partial charge in [0.2, 0.25) is 11.8 Å². The average Bonchev–Trinajstić information content (AvgIpc) is 3.50. The molecule has 1 aromatic rings. The standard InChI is InChI=1S/C19H23ClN2O2/c20-16-7-5-15(6-8-16)19(9-10-19)21-17(23)14-2-1-11-22(12-14)18(24)13-3-4-13/h5-8,13-14H,1-4,9-12H2,(H,21,23)/t14-/m0/s1. The Morgan fingerprint density at radius 1 is 1.08 bits per heavy atom. The predicted molar refractivity (Wildman–Crippen MR) is 92.5 cm³/mol. The van der Waals surface area contributed by atoms with Crippen LogP contribution in [-0.4, -0.2) is 29.8 Å². The second-order valence-corrected chi connectivity index (χ2v) is 7.91. The number of hydrogen-bond acceptors (Lipinski definition) is 2. The zero-order valence-electron chi connectivity index (χ0n) is 13.8. The molecule has 0 spiro atoms. The molecule has 5 heteroatoms. The molecule has 3 aliphatic rings. The molecule has 1 heterocycles. The van der Waals surface area contributed by atoms with Crippen LogP contribution in [0.4, 0.5) is 0 Å². The number of halogens is 1. The van der Waals surface area contributed by atoms with Gasteiger partial charge in [-0.1, -0.05) is 23.7 Å². The van der Waals surface area contributed by atoms with E-state index in [1.54, 1.807) is 0 Å². The van der Waals surface area contributed by atoms with Crippen LogP contribution in [0, 0.1) is 11.8 Å². The van der Waals surface area contributed by atoms with E-state index < -0.39 is 0 Å². The van der Waals surface area contributed by atoms with E-state index in [4.69, 9.17) is 11.6 Å². The Bertz CT molecular complexity index is 650. The van der Waals surface area contributed by atoms with Crippen LogP contribution in [0.3, 0.4) is 0 Å². The Morgan fingerprint density at radius 2 is 1.79 bits per heavy atom. The maximum atomic E-state index is 12.8. The predicted octanol–water partition coefficient (Wildman–Crippen LogP) is 3.09. The molecular weight excluding hydrogens is 324 g/mol. The minimum atomic E-state index is -0.218. The highest BCUT2D eigenvalue weighted by Gasteiger charge is 2.47. The van der Waals surface area contributed by atoms with Crippen LogP contribution in [0.1, 0.15) is 44.1 Å². The van der Waals surface area contributed by atoms with Gasteiger partial charge in [-0.2, -0.15) is 0 Å². The van der Waals surface area contributed by atoms with Crippen molar-refractivity contribution in [2.75, 3.05) is 13.1 Å². The Labute approximate surface area is 147 Å². The normalized spacial score (nSPS) is 25.2. The monoisotopic (exact) mass is 346 g/mol. The van der Waals surface area contributed by atoms with E-state index in [0.717, 1.165) is 50.6 Å². The summed E-state index contributed by atoms with van der Waals surface area (Å²) in [7, 11) is 0. The summed E-state index contributed by atoms with van der Waals surface area (Å²) in [6.45, 7) is 1.39. The fraction of sp³-hybridized carbons (Fsp3) is 0.579. The molecule has 1 atom stereocenters. The smallest absolute Gasteiger partial charge is 0.225 e. The zero-order valence-corrected chi connectivity index (χ0v) is 14.5. The fourth-order valence-electron chi connectivity index (χ4n) is 3.70. The van der Waals surface area contributed by atoms with Crippen LogP contribution in [0.25, 0.3) is 0 Å². The van der Waals surface area contributed by atoms with Crippen molar-refractivity contribution < 1.29 is 9.59 Å². The van der Waals surface area contributed by atoms with Gasteiger partial charge in [0.1, 0.15) is 0 Å². The lowest BCUT2D eigenvalue weighted by atomic mass is 9.95. The molecule has 0 aromatic heterocycles. The number of nitrogens with zero attached hydrogens (tertiary/aromatic N) is 1. The van der Waals surface area contributed by atoms with Gasteiger partial charge in [0.25, 0.3) is 0 Å². The molecule has 2 saturated carbocycles. The maximum absolute atomic E-state index is 12.8. The lowest BCUT2D eigenvalue weighted by Crippen LogP contribution is -2.48. The number of hydrogen-bond donors (Lipinski definition) is 1. The highest BCUT2D eigenvalue weighted by atomic mass is 35.5. The molecule has 1 aliphatic heterocycles. The highest BCUT2D eigenvalue weighted by Crippen LogP contribution is 2.46. The third-order valence-electron chi connectivity index (χ3n) is 5.54. The molecule has 2 aliphatic carbocycles. The first-order valence-corrected chi connectivity index (χ1v) is 9.32. The number of piperidine rings is 1. The summed E-state index contributed by atoms with van der Waals surface area (Å²) in [5, 5.41) is 3.97. The molecule has 1 saturated heterocycles. The van der Waals surface area contributed by atoms with Crippen molar-refractivity contribution in [1.82, 2.24) is 10.2 Å². The summed E-state index contributed by atoms with van der Waals surface area (Å²) in [5.74, 6) is 0.504. The van der Waals surface area contributed by atoms with Gasteiger partial charge in [-0.15, -0.1) is 0 Å². The van der Waals surface area contributed by atoms with Crippen molar-refractivity contribution in [3.05, 3.63) is 34.9 Å². The minimum absolute atomic E-state index is 0.0776. The molecule has 4 rings (SSSR count). The quantitative estimate of drug-likeness (QED) is 0.910. The third-order valence-corrected chi connectivity index (χ3v) is 5.79. The van der Waals surface area contributed by atoms with Gasteiger partial charge in [0, 0.05) is 24.0 Å². The van der Waals surface area contributed by atoms with Gasteiger partial charge in [0.15, 0.2) is 0 Å². The first-order chi connectivity index (χ1) is 11.6. The molecular formula is C19H23ClN2O2. The third kappa shape index (κ3) is 3.16. The van der Waals surface area contributed by atoms with Crippen molar-refractivity contribution in [2.24, 2.45) is 11.8 Å². The summed E-state index contributed by atoms with van der Waals surface area (Å²) in [6, 6.07) is 7.75. The molecule has 1 N–H and O–H groups in total. The molecule has 4 nitrogen and oxygen atoms in total. The Morgan fingerprint density at radius 3 is 2.42 bits per heavy atom. The van der Waals surface area contributed by atoms with Crippen molar-refractivity contribution >= 4 is 23.4 Å². The molecule has 128 valence electrons. The van der Waals surface area contributed by atoms with E-state index in [1.807, 2.05) is 29.2 Å². The van der Waals surface area contributed by atoms with E-state index in [9.17, 15) is 9.59 Å². The van der Waals surface area contributed by atoms with E-state index in [1.165, 1.54) is 0 Å². The SMILES string of the molecule is O=C(NC1(c2ccc(Cl)cc2)CC1)[C@H]1CCCN(C(=O)C2CC2)C1. The van der Waals surface area contributed by atoms with Crippen LogP contribution in [-0.2, 0) is 15.1 Å². The van der Waals surface area contributed by atoms with Crippen LogP contribution in [0.15, 0.2) is 24.3 Å². The summed E-state index contributed by atoms with van der Waals surface area (Å²) in [5.41, 5.74) is 0.909. The zero-order chi connectivity index (χ0) is 16.7. The molecule has 0 radical (unpaired) electrons. The number of carbonyl (C=O) groups is 2. The first kappa shape index (κ1) is 15.9. The number of rotatable bonds is 4. The second-order valence-electron chi connectivity index (χ2n) is 7.48. The summed E-state index contributed by atoms with van der Waals surface area (Å²) < 4.78 is 0. The number of amides is 2. The van der Waals surface area contributed by atoms with E-state index in [-0.39, 0.29) is 29.2 Å². The Hall–Kier alpha value is -1.55. The molecule has 24 heavy (non-hydrogen) atoms. The maximum Gasteiger partial charge on any atom is 0.225 e. The van der Waals surface area contributed by atoms with Crippen molar-refractivity contribution in [3.8, 4) is 0 Å². The van der Waals surface area contributed by atoms with Gasteiger partial charge >= 0.3 is 0 Å². The number of nitrogens with one attached hydrogen (secondary N) is 1. The number of benzene rings is 1. The molecule has 2 amide bonds. The van der Waals surface area contributed by atoms with Gasteiger partial charge < -0.3 is 10.2 Å². The summed E-state index contributed by atoms with van der Waals surface area (Å²) in [6.07, 6.45) is 5.77. The van der Waals surface area contributed by atoms with Crippen molar-refractivity contribution in [1.29, 1.82) is 0 Å².